The third-order valence-corrected chi connectivity index (χ3v) is 4.70. The Labute approximate surface area is 141 Å². The van der Waals surface area contributed by atoms with Crippen LogP contribution in [0.15, 0.2) is 41.6 Å². The van der Waals surface area contributed by atoms with Gasteiger partial charge in [-0.1, -0.05) is 30.3 Å². The summed E-state index contributed by atoms with van der Waals surface area (Å²) in [6.45, 7) is 2.13. The Morgan fingerprint density at radius 3 is 2.83 bits per heavy atom. The van der Waals surface area contributed by atoms with Crippen LogP contribution in [-0.4, -0.2) is 40.6 Å². The quantitative estimate of drug-likeness (QED) is 0.717. The van der Waals surface area contributed by atoms with Gasteiger partial charge in [-0.15, -0.1) is 0 Å². The number of aliphatic hydroxyl groups excluding tert-OH is 1. The highest BCUT2D eigenvalue weighted by molar-refractivity contribution is 5.95. The summed E-state index contributed by atoms with van der Waals surface area (Å²) in [5.74, 6) is -0.0379. The normalized spacial score (nSPS) is 23.1. The van der Waals surface area contributed by atoms with Crippen LogP contribution in [0.25, 0.3) is 0 Å². The number of nitrogens with one attached hydrogen (secondary N) is 2. The maximum absolute atomic E-state index is 12.6. The molecule has 128 valence electrons. The molecule has 0 aliphatic carbocycles. The van der Waals surface area contributed by atoms with Crippen LogP contribution >= 0.6 is 0 Å². The zero-order chi connectivity index (χ0) is 17.1. The molecule has 0 spiro atoms. The van der Waals surface area contributed by atoms with Gasteiger partial charge in [-0.2, -0.15) is 0 Å². The highest BCUT2D eigenvalue weighted by atomic mass is 16.5. The number of carbonyl (C=O) groups excluding carboxylic acids is 1. The first-order valence-corrected chi connectivity index (χ1v) is 8.28. The molecule has 0 radical (unpaired) electrons. The minimum Gasteiger partial charge on any atom is -0.457 e. The minimum atomic E-state index is -0.337. The molecule has 2 aliphatic heterocycles. The molecule has 2 aliphatic rings. The molecule has 6 heteroatoms. The fraction of sp³-hybridized carbons (Fsp3) is 0.444. The van der Waals surface area contributed by atoms with Crippen molar-refractivity contribution in [2.24, 2.45) is 0 Å². The topological polar surface area (TPSA) is 85.7 Å². The Bertz CT molecular complexity index is 657. The van der Waals surface area contributed by atoms with Gasteiger partial charge in [0.1, 0.15) is 6.61 Å². The van der Waals surface area contributed by atoms with E-state index in [9.17, 15) is 9.90 Å². The van der Waals surface area contributed by atoms with Crippen molar-refractivity contribution in [3.05, 3.63) is 47.2 Å². The molecule has 1 saturated heterocycles. The smallest absolute Gasteiger partial charge is 0.338 e. The number of esters is 1. The van der Waals surface area contributed by atoms with Crippen molar-refractivity contribution in [2.75, 3.05) is 6.61 Å². The molecule has 0 aromatic heterocycles. The van der Waals surface area contributed by atoms with E-state index in [-0.39, 0.29) is 31.3 Å². The lowest BCUT2D eigenvalue weighted by molar-refractivity contribution is -0.141. The number of aliphatic hydroxyl groups is 1. The van der Waals surface area contributed by atoms with Gasteiger partial charge in [-0.25, -0.2) is 4.79 Å². The molecule has 2 atom stereocenters. The van der Waals surface area contributed by atoms with Gasteiger partial charge in [0, 0.05) is 18.3 Å². The summed E-state index contributed by atoms with van der Waals surface area (Å²) in [4.78, 5) is 14.5. The lowest BCUT2D eigenvalue weighted by atomic mass is 10.0. The van der Waals surface area contributed by atoms with Crippen molar-refractivity contribution in [1.29, 1.82) is 5.41 Å². The third kappa shape index (κ3) is 3.14. The third-order valence-electron chi connectivity index (χ3n) is 4.70. The lowest BCUT2D eigenvalue weighted by Gasteiger charge is -2.38. The Kier molecular flexibility index (Phi) is 4.85. The van der Waals surface area contributed by atoms with Crippen molar-refractivity contribution in [3.8, 4) is 0 Å². The van der Waals surface area contributed by atoms with Crippen molar-refractivity contribution in [3.63, 3.8) is 0 Å². The number of rotatable bonds is 5. The predicted octanol–water partition coefficient (Wildman–Crippen LogP) is 1.76. The SMILES string of the molecule is CC1=C(C(=O)OCc2ccccc2)[C@@H]2CC[C@@H](CCO)N2C(=N)N1. The standard InChI is InChI=1S/C18H23N3O3/c1-12-16(17(23)24-11-13-5-3-2-4-6-13)15-8-7-14(9-10-22)21(15)18(19)20-12/h2-6,14-15,22H,7-11H2,1H3,(H2,19,20)/t14-,15-/m0/s1. The first kappa shape index (κ1) is 16.5. The van der Waals surface area contributed by atoms with E-state index in [1.54, 1.807) is 0 Å². The molecule has 1 aromatic carbocycles. The number of hydrogen-bond acceptors (Lipinski definition) is 4. The highest BCUT2D eigenvalue weighted by Crippen LogP contribution is 2.34. The van der Waals surface area contributed by atoms with E-state index < -0.39 is 0 Å². The van der Waals surface area contributed by atoms with Gasteiger partial charge in [0.15, 0.2) is 5.96 Å². The predicted molar refractivity (Wildman–Crippen MR) is 90.2 cm³/mol. The number of hydrogen-bond donors (Lipinski definition) is 3. The first-order chi connectivity index (χ1) is 11.6. The van der Waals surface area contributed by atoms with Gasteiger partial charge in [0.05, 0.1) is 11.6 Å². The largest absolute Gasteiger partial charge is 0.457 e. The van der Waals surface area contributed by atoms with Gasteiger partial charge in [-0.05, 0) is 31.7 Å². The van der Waals surface area contributed by atoms with E-state index in [2.05, 4.69) is 5.32 Å². The summed E-state index contributed by atoms with van der Waals surface area (Å²) in [7, 11) is 0. The second-order valence-electron chi connectivity index (χ2n) is 6.24. The summed E-state index contributed by atoms with van der Waals surface area (Å²) in [5.41, 5.74) is 2.23. The molecule has 2 heterocycles. The number of ether oxygens (including phenoxy) is 1. The second kappa shape index (κ2) is 7.05. The zero-order valence-corrected chi connectivity index (χ0v) is 13.8. The Balaban J connectivity index is 1.75. The first-order valence-electron chi connectivity index (χ1n) is 8.28. The fourth-order valence-electron chi connectivity index (χ4n) is 3.59. The average molecular weight is 329 g/mol. The molecule has 24 heavy (non-hydrogen) atoms. The summed E-state index contributed by atoms with van der Waals surface area (Å²) in [5, 5.41) is 20.4. The molecule has 0 saturated carbocycles. The van der Waals surface area contributed by atoms with Crippen molar-refractivity contribution < 1.29 is 14.6 Å². The van der Waals surface area contributed by atoms with E-state index in [0.717, 1.165) is 18.4 Å². The van der Waals surface area contributed by atoms with Crippen LogP contribution in [0.5, 0.6) is 0 Å². The number of guanidine groups is 1. The van der Waals surface area contributed by atoms with E-state index in [4.69, 9.17) is 10.1 Å². The summed E-state index contributed by atoms with van der Waals surface area (Å²) >= 11 is 0. The van der Waals surface area contributed by atoms with Crippen LogP contribution < -0.4 is 5.32 Å². The highest BCUT2D eigenvalue weighted by Gasteiger charge is 2.43. The fourth-order valence-corrected chi connectivity index (χ4v) is 3.59. The maximum Gasteiger partial charge on any atom is 0.338 e. The minimum absolute atomic E-state index is 0.0810. The lowest BCUT2D eigenvalue weighted by Crippen LogP contribution is -2.53. The molecule has 1 fully saturated rings. The van der Waals surface area contributed by atoms with Crippen molar-refractivity contribution in [2.45, 2.75) is 44.9 Å². The average Bonchev–Trinajstić information content (AvgIpc) is 2.98. The van der Waals surface area contributed by atoms with Gasteiger partial charge >= 0.3 is 5.97 Å². The summed E-state index contributed by atoms with van der Waals surface area (Å²) in [6.07, 6.45) is 2.26. The van der Waals surface area contributed by atoms with E-state index in [1.165, 1.54) is 0 Å². The second-order valence-corrected chi connectivity index (χ2v) is 6.24. The van der Waals surface area contributed by atoms with Crippen molar-refractivity contribution >= 4 is 11.9 Å². The monoisotopic (exact) mass is 329 g/mol. The molecule has 0 amide bonds. The number of fused-ring (bicyclic) bond motifs is 1. The van der Waals surface area contributed by atoms with Gasteiger partial charge in [0.25, 0.3) is 0 Å². The maximum atomic E-state index is 12.6. The number of nitrogens with zero attached hydrogens (tertiary/aromatic N) is 1. The Hall–Kier alpha value is -2.34. The molecule has 1 aromatic rings. The van der Waals surface area contributed by atoms with Crippen molar-refractivity contribution in [1.82, 2.24) is 10.2 Å². The summed E-state index contributed by atoms with van der Waals surface area (Å²) < 4.78 is 5.49. The van der Waals surface area contributed by atoms with Gasteiger partial charge in [-0.3, -0.25) is 5.41 Å². The van der Waals surface area contributed by atoms with Crippen LogP contribution in [0.4, 0.5) is 0 Å². The molecular weight excluding hydrogens is 306 g/mol. The zero-order valence-electron chi connectivity index (χ0n) is 13.8. The van der Waals surface area contributed by atoms with E-state index in [1.807, 2.05) is 42.2 Å². The van der Waals surface area contributed by atoms with Crippen LogP contribution in [0, 0.1) is 5.41 Å². The number of allylic oxidation sites excluding steroid dienone is 1. The van der Waals surface area contributed by atoms with E-state index in [0.29, 0.717) is 23.7 Å². The van der Waals surface area contributed by atoms with Gasteiger partial charge in [0.2, 0.25) is 0 Å². The molecule has 6 nitrogen and oxygen atoms in total. The van der Waals surface area contributed by atoms with Crippen LogP contribution in [-0.2, 0) is 16.1 Å². The van der Waals surface area contributed by atoms with Crippen LogP contribution in [0.3, 0.4) is 0 Å². The van der Waals surface area contributed by atoms with Gasteiger partial charge < -0.3 is 20.1 Å². The van der Waals surface area contributed by atoms with Crippen LogP contribution in [0.1, 0.15) is 31.7 Å². The Morgan fingerprint density at radius 1 is 1.38 bits per heavy atom. The number of carbonyl (C=O) groups is 1. The van der Waals surface area contributed by atoms with E-state index >= 15 is 0 Å². The molecule has 3 rings (SSSR count). The number of benzene rings is 1. The molecule has 0 bridgehead atoms. The molecule has 0 unspecified atom stereocenters. The molecule has 3 N–H and O–H groups in total. The summed E-state index contributed by atoms with van der Waals surface area (Å²) in [6, 6.07) is 9.53. The molecular formula is C18H23N3O3. The Morgan fingerprint density at radius 2 is 2.12 bits per heavy atom. The van der Waals surface area contributed by atoms with Crippen LogP contribution in [0.2, 0.25) is 0 Å².